The molecule has 1 aromatic heterocycles. The number of carbonyl (C=O) groups is 1. The van der Waals surface area contributed by atoms with Crippen molar-refractivity contribution in [3.63, 3.8) is 0 Å². The van der Waals surface area contributed by atoms with Gasteiger partial charge < -0.3 is 0 Å². The minimum absolute atomic E-state index is 0.0903. The fourth-order valence-electron chi connectivity index (χ4n) is 1.46. The van der Waals surface area contributed by atoms with E-state index in [2.05, 4.69) is 9.97 Å². The Morgan fingerprint density at radius 3 is 2.70 bits per heavy atom. The molecule has 1 heterocycles. The van der Waals surface area contributed by atoms with Crippen molar-refractivity contribution < 1.29 is 9.72 Å². The summed E-state index contributed by atoms with van der Waals surface area (Å²) >= 11 is 1.20. The van der Waals surface area contributed by atoms with Crippen molar-refractivity contribution in [1.29, 1.82) is 0 Å². The Balaban J connectivity index is 2.03. The molecule has 0 saturated heterocycles. The second-order valence-corrected chi connectivity index (χ2v) is 5.00. The minimum atomic E-state index is -0.521. The number of hydrogen-bond donors (Lipinski definition) is 0. The van der Waals surface area contributed by atoms with E-state index in [1.807, 2.05) is 6.92 Å². The number of carbonyl (C=O) groups excluding carboxylic acids is 1. The summed E-state index contributed by atoms with van der Waals surface area (Å²) in [5, 5.41) is 11.2. The van der Waals surface area contributed by atoms with E-state index in [0.717, 1.165) is 5.56 Å². The van der Waals surface area contributed by atoms with Crippen LogP contribution < -0.4 is 0 Å². The number of non-ortho nitro benzene ring substituents is 1. The van der Waals surface area contributed by atoms with Crippen molar-refractivity contribution in [2.24, 2.45) is 0 Å². The van der Waals surface area contributed by atoms with E-state index in [1.165, 1.54) is 30.0 Å². The number of nitro benzene ring substituents is 1. The number of Topliss-reactive ketones (excluding diaryl/α,β-unsaturated/α-hetero) is 1. The smallest absolute Gasteiger partial charge is 0.270 e. The van der Waals surface area contributed by atoms with E-state index < -0.39 is 4.92 Å². The van der Waals surface area contributed by atoms with Crippen LogP contribution >= 0.6 is 11.8 Å². The van der Waals surface area contributed by atoms with Crippen molar-refractivity contribution in [3.05, 3.63) is 57.9 Å². The third-order valence-electron chi connectivity index (χ3n) is 2.47. The third-order valence-corrected chi connectivity index (χ3v) is 3.34. The van der Waals surface area contributed by atoms with Gasteiger partial charge in [0.15, 0.2) is 10.9 Å². The van der Waals surface area contributed by atoms with Gasteiger partial charge in [-0.25, -0.2) is 9.97 Å². The molecule has 1 aromatic carbocycles. The quantitative estimate of drug-likeness (QED) is 0.276. The lowest BCUT2D eigenvalue weighted by atomic mass is 10.1. The Morgan fingerprint density at radius 2 is 2.05 bits per heavy atom. The zero-order valence-corrected chi connectivity index (χ0v) is 11.5. The monoisotopic (exact) mass is 289 g/mol. The average molecular weight is 289 g/mol. The molecule has 0 saturated carbocycles. The number of hydrogen-bond acceptors (Lipinski definition) is 6. The van der Waals surface area contributed by atoms with Crippen LogP contribution in [0, 0.1) is 17.0 Å². The van der Waals surface area contributed by atoms with E-state index in [4.69, 9.17) is 0 Å². The lowest BCUT2D eigenvalue weighted by Crippen LogP contribution is -2.03. The summed E-state index contributed by atoms with van der Waals surface area (Å²) in [5.74, 6) is -0.0487. The first-order valence-electron chi connectivity index (χ1n) is 5.75. The first-order chi connectivity index (χ1) is 9.56. The fraction of sp³-hybridized carbons (Fsp3) is 0.154. The predicted octanol–water partition coefficient (Wildman–Crippen LogP) is 2.67. The fourth-order valence-corrected chi connectivity index (χ4v) is 2.14. The van der Waals surface area contributed by atoms with E-state index in [-0.39, 0.29) is 17.2 Å². The molecule has 0 aliphatic rings. The molecule has 102 valence electrons. The maximum atomic E-state index is 12.0. The molecule has 0 aliphatic heterocycles. The molecule has 2 rings (SSSR count). The molecule has 0 atom stereocenters. The van der Waals surface area contributed by atoms with Gasteiger partial charge in [0.2, 0.25) is 0 Å². The van der Waals surface area contributed by atoms with Gasteiger partial charge in [0, 0.05) is 30.1 Å². The van der Waals surface area contributed by atoms with Gasteiger partial charge in [-0.2, -0.15) is 0 Å². The molecular formula is C13H11N3O3S. The molecule has 6 nitrogen and oxygen atoms in total. The molecule has 0 bridgehead atoms. The summed E-state index contributed by atoms with van der Waals surface area (Å²) in [5.41, 5.74) is 1.17. The molecule has 7 heteroatoms. The zero-order chi connectivity index (χ0) is 14.5. The largest absolute Gasteiger partial charge is 0.293 e. The zero-order valence-electron chi connectivity index (χ0n) is 10.6. The molecule has 0 fully saturated rings. The molecule has 2 aromatic rings. The van der Waals surface area contributed by atoms with Crippen LogP contribution in [0.25, 0.3) is 0 Å². The molecule has 0 spiro atoms. The average Bonchev–Trinajstić information content (AvgIpc) is 2.46. The molecular weight excluding hydrogens is 278 g/mol. The summed E-state index contributed by atoms with van der Waals surface area (Å²) in [4.78, 5) is 30.3. The highest BCUT2D eigenvalue weighted by Crippen LogP contribution is 2.17. The summed E-state index contributed by atoms with van der Waals surface area (Å²) in [6.07, 6.45) is 3.35. The van der Waals surface area contributed by atoms with Crippen LogP contribution in [0.3, 0.4) is 0 Å². The van der Waals surface area contributed by atoms with Gasteiger partial charge in [0.1, 0.15) is 0 Å². The topological polar surface area (TPSA) is 86.0 Å². The van der Waals surface area contributed by atoms with Crippen molar-refractivity contribution in [3.8, 4) is 0 Å². The highest BCUT2D eigenvalue weighted by Gasteiger charge is 2.12. The van der Waals surface area contributed by atoms with Crippen LogP contribution in [0.4, 0.5) is 5.69 Å². The number of aryl methyl sites for hydroxylation is 1. The molecule has 0 N–H and O–H groups in total. The third kappa shape index (κ3) is 3.61. The number of nitrogens with zero attached hydrogens (tertiary/aromatic N) is 3. The van der Waals surface area contributed by atoms with Crippen LogP contribution in [0.1, 0.15) is 15.9 Å². The van der Waals surface area contributed by atoms with Crippen LogP contribution in [-0.4, -0.2) is 26.4 Å². The number of aromatic nitrogens is 2. The van der Waals surface area contributed by atoms with E-state index in [0.29, 0.717) is 10.7 Å². The van der Waals surface area contributed by atoms with Gasteiger partial charge in [0.25, 0.3) is 5.69 Å². The second-order valence-electron chi connectivity index (χ2n) is 4.06. The van der Waals surface area contributed by atoms with Crippen molar-refractivity contribution in [2.75, 3.05) is 5.75 Å². The van der Waals surface area contributed by atoms with Crippen LogP contribution in [-0.2, 0) is 0 Å². The Hall–Kier alpha value is -2.28. The van der Waals surface area contributed by atoms with Crippen molar-refractivity contribution in [1.82, 2.24) is 9.97 Å². The van der Waals surface area contributed by atoms with Crippen LogP contribution in [0.5, 0.6) is 0 Å². The Bertz CT molecular complexity index is 644. The molecule has 0 amide bonds. The molecule has 0 unspecified atom stereocenters. The summed E-state index contributed by atoms with van der Waals surface area (Å²) in [6.45, 7) is 1.88. The van der Waals surface area contributed by atoms with Gasteiger partial charge in [-0.1, -0.05) is 23.9 Å². The number of nitro groups is 1. The van der Waals surface area contributed by atoms with Crippen molar-refractivity contribution >= 4 is 23.2 Å². The summed E-state index contributed by atoms with van der Waals surface area (Å²) in [7, 11) is 0. The number of thioether (sulfide) groups is 1. The standard InChI is InChI=1S/C13H11N3O3S/c1-9-6-14-13(15-7-9)20-8-12(17)10-3-2-4-11(5-10)16(18)19/h2-7H,8H2,1H3. The summed E-state index contributed by atoms with van der Waals surface area (Å²) < 4.78 is 0. The van der Waals surface area contributed by atoms with Crippen molar-refractivity contribution in [2.45, 2.75) is 12.1 Å². The number of ketones is 1. The number of benzene rings is 1. The van der Waals surface area contributed by atoms with Gasteiger partial charge in [-0.05, 0) is 12.5 Å². The number of rotatable bonds is 5. The Kier molecular flexibility index (Phi) is 4.41. The Labute approximate surface area is 119 Å². The second kappa shape index (κ2) is 6.25. The van der Waals surface area contributed by atoms with Crippen LogP contribution in [0.15, 0.2) is 41.8 Å². The van der Waals surface area contributed by atoms with Gasteiger partial charge in [-0.15, -0.1) is 0 Å². The maximum Gasteiger partial charge on any atom is 0.270 e. The summed E-state index contributed by atoms with van der Waals surface area (Å²) in [6, 6.07) is 5.69. The maximum absolute atomic E-state index is 12.0. The lowest BCUT2D eigenvalue weighted by molar-refractivity contribution is -0.384. The van der Waals surface area contributed by atoms with Gasteiger partial charge in [-0.3, -0.25) is 14.9 Å². The molecule has 0 aliphatic carbocycles. The predicted molar refractivity (Wildman–Crippen MR) is 74.9 cm³/mol. The lowest BCUT2D eigenvalue weighted by Gasteiger charge is -2.01. The van der Waals surface area contributed by atoms with E-state index >= 15 is 0 Å². The normalized spacial score (nSPS) is 10.2. The molecule has 0 radical (unpaired) electrons. The van der Waals surface area contributed by atoms with E-state index in [1.54, 1.807) is 18.5 Å². The molecule has 20 heavy (non-hydrogen) atoms. The highest BCUT2D eigenvalue weighted by molar-refractivity contribution is 7.99. The minimum Gasteiger partial charge on any atom is -0.293 e. The SMILES string of the molecule is Cc1cnc(SCC(=O)c2cccc([N+](=O)[O-])c2)nc1. The van der Waals surface area contributed by atoms with Crippen LogP contribution in [0.2, 0.25) is 0 Å². The van der Waals surface area contributed by atoms with E-state index in [9.17, 15) is 14.9 Å². The first-order valence-corrected chi connectivity index (χ1v) is 6.74. The Morgan fingerprint density at radius 1 is 1.35 bits per heavy atom. The first kappa shape index (κ1) is 14.1. The highest BCUT2D eigenvalue weighted by atomic mass is 32.2. The van der Waals surface area contributed by atoms with Gasteiger partial charge in [0.05, 0.1) is 10.7 Å². The van der Waals surface area contributed by atoms with Gasteiger partial charge >= 0.3 is 0 Å².